The average Bonchev–Trinajstić information content (AvgIpc) is 2.87. The highest BCUT2D eigenvalue weighted by Crippen LogP contribution is 2.06. The summed E-state index contributed by atoms with van der Waals surface area (Å²) in [6, 6.07) is 0. The Morgan fingerprint density at radius 1 is 1.28 bits per heavy atom. The van der Waals surface area contributed by atoms with Crippen LogP contribution in [0.5, 0.6) is 0 Å². The molecule has 0 aliphatic rings. The molecule has 0 aromatic carbocycles. The smallest absolute Gasteiger partial charge is 0.220 e. The van der Waals surface area contributed by atoms with Gasteiger partial charge < -0.3 is 5.32 Å². The number of aromatic amines is 1. The van der Waals surface area contributed by atoms with Gasteiger partial charge in [-0.3, -0.25) is 9.89 Å². The van der Waals surface area contributed by atoms with Crippen molar-refractivity contribution in [2.75, 3.05) is 6.54 Å². The summed E-state index contributed by atoms with van der Waals surface area (Å²) in [6.07, 6.45) is 10.1. The van der Waals surface area contributed by atoms with Crippen molar-refractivity contribution in [3.05, 3.63) is 12.2 Å². The highest BCUT2D eigenvalue weighted by molar-refractivity contribution is 5.75. The molecule has 0 fully saturated rings. The molecule has 5 heteroatoms. The van der Waals surface area contributed by atoms with Crippen LogP contribution in [-0.4, -0.2) is 27.6 Å². The van der Waals surface area contributed by atoms with Crippen molar-refractivity contribution in [2.45, 2.75) is 58.3 Å². The van der Waals surface area contributed by atoms with Crippen molar-refractivity contribution in [2.24, 2.45) is 0 Å². The van der Waals surface area contributed by atoms with E-state index in [2.05, 4.69) is 27.4 Å². The summed E-state index contributed by atoms with van der Waals surface area (Å²) in [5.41, 5.74) is 0. The zero-order chi connectivity index (χ0) is 13.1. The van der Waals surface area contributed by atoms with Crippen molar-refractivity contribution in [3.8, 4) is 0 Å². The van der Waals surface area contributed by atoms with Crippen molar-refractivity contribution < 1.29 is 4.79 Å². The lowest BCUT2D eigenvalue weighted by molar-refractivity contribution is -0.121. The van der Waals surface area contributed by atoms with Crippen LogP contribution >= 0.6 is 0 Å². The van der Waals surface area contributed by atoms with Crippen LogP contribution in [0, 0.1) is 0 Å². The van der Waals surface area contributed by atoms with Crippen molar-refractivity contribution >= 4 is 5.91 Å². The number of nitrogens with zero attached hydrogens (tertiary/aromatic N) is 2. The van der Waals surface area contributed by atoms with Gasteiger partial charge in [0, 0.05) is 19.4 Å². The largest absolute Gasteiger partial charge is 0.356 e. The second-order valence-corrected chi connectivity index (χ2v) is 4.55. The number of H-pyrrole nitrogens is 1. The minimum atomic E-state index is 0.144. The number of unbranched alkanes of at least 4 members (excludes halogenated alkanes) is 5. The Morgan fingerprint density at radius 3 is 2.78 bits per heavy atom. The number of amides is 1. The van der Waals surface area contributed by atoms with E-state index >= 15 is 0 Å². The van der Waals surface area contributed by atoms with Gasteiger partial charge >= 0.3 is 0 Å². The maximum atomic E-state index is 11.5. The summed E-state index contributed by atoms with van der Waals surface area (Å²) in [5, 5.41) is 9.42. The molecule has 0 spiro atoms. The van der Waals surface area contributed by atoms with Crippen molar-refractivity contribution in [3.63, 3.8) is 0 Å². The fourth-order valence-corrected chi connectivity index (χ4v) is 1.83. The number of hydrogen-bond donors (Lipinski definition) is 2. The molecular formula is C13H24N4O. The number of hydrogen-bond acceptors (Lipinski definition) is 3. The second-order valence-electron chi connectivity index (χ2n) is 4.55. The third-order valence-corrected chi connectivity index (χ3v) is 2.91. The molecule has 0 aliphatic heterocycles. The average molecular weight is 252 g/mol. The first-order chi connectivity index (χ1) is 8.83. The predicted molar refractivity (Wildman–Crippen MR) is 71.1 cm³/mol. The molecular weight excluding hydrogens is 228 g/mol. The first-order valence-electron chi connectivity index (χ1n) is 6.94. The summed E-state index contributed by atoms with van der Waals surface area (Å²) in [6.45, 7) is 2.84. The van der Waals surface area contributed by atoms with Gasteiger partial charge in [-0.2, -0.15) is 5.10 Å². The zero-order valence-corrected chi connectivity index (χ0v) is 11.2. The quantitative estimate of drug-likeness (QED) is 0.627. The molecule has 1 aromatic rings. The lowest BCUT2D eigenvalue weighted by Crippen LogP contribution is -2.25. The van der Waals surface area contributed by atoms with Gasteiger partial charge in [0.05, 0.1) is 0 Å². The molecule has 0 saturated carbocycles. The van der Waals surface area contributed by atoms with Crippen LogP contribution < -0.4 is 5.32 Å². The monoisotopic (exact) mass is 252 g/mol. The van der Waals surface area contributed by atoms with E-state index in [1.165, 1.54) is 32.0 Å². The van der Waals surface area contributed by atoms with Crippen molar-refractivity contribution in [1.29, 1.82) is 0 Å². The summed E-state index contributed by atoms with van der Waals surface area (Å²) in [4.78, 5) is 15.5. The van der Waals surface area contributed by atoms with Gasteiger partial charge in [-0.15, -0.1) is 0 Å². The van der Waals surface area contributed by atoms with Crippen LogP contribution in [0.4, 0.5) is 0 Å². The van der Waals surface area contributed by atoms with Crippen LogP contribution in [-0.2, 0) is 11.2 Å². The lowest BCUT2D eigenvalue weighted by atomic mass is 10.1. The summed E-state index contributed by atoms with van der Waals surface area (Å²) < 4.78 is 0. The van der Waals surface area contributed by atoms with Crippen LogP contribution in [0.1, 0.15) is 57.7 Å². The van der Waals surface area contributed by atoms with E-state index in [1.807, 2.05) is 0 Å². The highest BCUT2D eigenvalue weighted by Gasteiger charge is 2.01. The topological polar surface area (TPSA) is 70.7 Å². The van der Waals surface area contributed by atoms with Crippen LogP contribution in [0.25, 0.3) is 0 Å². The molecule has 1 aromatic heterocycles. The van der Waals surface area contributed by atoms with Gasteiger partial charge in [0.25, 0.3) is 0 Å². The SMILES string of the molecule is CCCCCCCCC(=O)NCCc1ncn[nH]1. The first kappa shape index (κ1) is 14.7. The number of carbonyl (C=O) groups is 1. The van der Waals surface area contributed by atoms with E-state index in [1.54, 1.807) is 0 Å². The molecule has 0 unspecified atom stereocenters. The summed E-state index contributed by atoms with van der Waals surface area (Å²) in [7, 11) is 0. The fourth-order valence-electron chi connectivity index (χ4n) is 1.83. The molecule has 5 nitrogen and oxygen atoms in total. The van der Waals surface area contributed by atoms with E-state index in [0.29, 0.717) is 19.4 Å². The Kier molecular flexibility index (Phi) is 7.84. The van der Waals surface area contributed by atoms with Gasteiger partial charge in [0.15, 0.2) is 0 Å². The maximum Gasteiger partial charge on any atom is 0.220 e. The third kappa shape index (κ3) is 7.04. The third-order valence-electron chi connectivity index (χ3n) is 2.91. The van der Waals surface area contributed by atoms with Crippen LogP contribution in [0.3, 0.4) is 0 Å². The van der Waals surface area contributed by atoms with Crippen LogP contribution in [0.15, 0.2) is 6.33 Å². The molecule has 0 atom stereocenters. The van der Waals surface area contributed by atoms with Gasteiger partial charge in [-0.25, -0.2) is 4.98 Å². The van der Waals surface area contributed by atoms with E-state index < -0.39 is 0 Å². The number of nitrogens with one attached hydrogen (secondary N) is 2. The van der Waals surface area contributed by atoms with Crippen molar-refractivity contribution in [1.82, 2.24) is 20.5 Å². The molecule has 102 valence electrons. The first-order valence-corrected chi connectivity index (χ1v) is 6.94. The number of rotatable bonds is 10. The molecule has 0 aliphatic carbocycles. The van der Waals surface area contributed by atoms with Crippen LogP contribution in [0.2, 0.25) is 0 Å². The zero-order valence-electron chi connectivity index (χ0n) is 11.2. The Hall–Kier alpha value is -1.39. The van der Waals surface area contributed by atoms with Gasteiger partial charge in [-0.05, 0) is 6.42 Å². The minimum Gasteiger partial charge on any atom is -0.356 e. The number of carbonyl (C=O) groups excluding carboxylic acids is 1. The number of aromatic nitrogens is 3. The molecule has 1 heterocycles. The summed E-state index contributed by atoms with van der Waals surface area (Å²) in [5.74, 6) is 0.958. The van der Waals surface area contributed by atoms with E-state index in [-0.39, 0.29) is 5.91 Å². The fraction of sp³-hybridized carbons (Fsp3) is 0.769. The van der Waals surface area contributed by atoms with Gasteiger partial charge in [0.1, 0.15) is 12.2 Å². The Morgan fingerprint density at radius 2 is 2.06 bits per heavy atom. The Bertz CT molecular complexity index is 311. The Labute approximate surface area is 109 Å². The standard InChI is InChI=1S/C13H24N4O/c1-2-3-4-5-6-7-8-13(18)14-10-9-12-15-11-16-17-12/h11H,2-10H2,1H3,(H,14,18)(H,15,16,17). The molecule has 2 N–H and O–H groups in total. The predicted octanol–water partition coefficient (Wildman–Crippen LogP) is 2.21. The second kappa shape index (κ2) is 9.62. The molecule has 18 heavy (non-hydrogen) atoms. The maximum absolute atomic E-state index is 11.5. The highest BCUT2D eigenvalue weighted by atomic mass is 16.1. The van der Waals surface area contributed by atoms with Gasteiger partial charge in [0.2, 0.25) is 5.91 Å². The minimum absolute atomic E-state index is 0.144. The van der Waals surface area contributed by atoms with Gasteiger partial charge in [-0.1, -0.05) is 39.0 Å². The van der Waals surface area contributed by atoms with E-state index in [0.717, 1.165) is 18.7 Å². The molecule has 1 amide bonds. The lowest BCUT2D eigenvalue weighted by Gasteiger charge is -2.04. The normalized spacial score (nSPS) is 10.5. The Balaban J connectivity index is 1.91. The molecule has 1 rings (SSSR count). The van der Waals surface area contributed by atoms with E-state index in [9.17, 15) is 4.79 Å². The molecule has 0 saturated heterocycles. The summed E-state index contributed by atoms with van der Waals surface area (Å²) >= 11 is 0. The molecule has 0 bridgehead atoms. The van der Waals surface area contributed by atoms with E-state index in [4.69, 9.17) is 0 Å². The molecule has 0 radical (unpaired) electrons.